The van der Waals surface area contributed by atoms with Gasteiger partial charge in [-0.3, -0.25) is 0 Å². The third kappa shape index (κ3) is 2.27. The van der Waals surface area contributed by atoms with Gasteiger partial charge in [0.1, 0.15) is 11.6 Å². The molecule has 1 atom stereocenters. The number of benzene rings is 1. The predicted molar refractivity (Wildman–Crippen MR) is 78.8 cm³/mol. The van der Waals surface area contributed by atoms with Crippen LogP contribution in [0.2, 0.25) is 0 Å². The molecule has 3 nitrogen and oxygen atoms in total. The molecule has 0 bridgehead atoms. The van der Waals surface area contributed by atoms with Gasteiger partial charge < -0.3 is 10.2 Å². The Bertz CT molecular complexity index is 610. The van der Waals surface area contributed by atoms with E-state index in [2.05, 4.69) is 28.2 Å². The first-order valence-electron chi connectivity index (χ1n) is 6.88. The molecule has 1 N–H and O–H groups in total. The van der Waals surface area contributed by atoms with E-state index in [1.165, 1.54) is 11.6 Å². The maximum Gasteiger partial charge on any atom is 0.132 e. The molecular weight excluding hydrogens is 253 g/mol. The summed E-state index contributed by atoms with van der Waals surface area (Å²) in [5.41, 5.74) is 3.27. The quantitative estimate of drug-likeness (QED) is 0.929. The molecule has 0 radical (unpaired) electrons. The van der Waals surface area contributed by atoms with Crippen LogP contribution in [0.15, 0.2) is 36.5 Å². The van der Waals surface area contributed by atoms with Crippen LogP contribution in [0.4, 0.5) is 15.9 Å². The average Bonchev–Trinajstić information content (AvgIpc) is 2.89. The van der Waals surface area contributed by atoms with Crippen molar-refractivity contribution in [3.05, 3.63) is 53.5 Å². The van der Waals surface area contributed by atoms with Crippen molar-refractivity contribution in [3.8, 4) is 0 Å². The first-order valence-corrected chi connectivity index (χ1v) is 6.88. The summed E-state index contributed by atoms with van der Waals surface area (Å²) in [5.74, 6) is 0.678. The van der Waals surface area contributed by atoms with E-state index in [-0.39, 0.29) is 11.9 Å². The van der Waals surface area contributed by atoms with Gasteiger partial charge in [-0.25, -0.2) is 9.37 Å². The summed E-state index contributed by atoms with van der Waals surface area (Å²) in [6.45, 7) is 2.95. The van der Waals surface area contributed by atoms with Gasteiger partial charge in [-0.2, -0.15) is 0 Å². The summed E-state index contributed by atoms with van der Waals surface area (Å²) in [5, 5.41) is 3.19. The zero-order chi connectivity index (χ0) is 14.1. The van der Waals surface area contributed by atoms with Gasteiger partial charge in [0.2, 0.25) is 0 Å². The van der Waals surface area contributed by atoms with Crippen LogP contribution >= 0.6 is 0 Å². The van der Waals surface area contributed by atoms with Gasteiger partial charge in [0, 0.05) is 24.5 Å². The third-order valence-electron chi connectivity index (χ3n) is 3.92. The standard InChI is InChI=1S/C16H18FN3/c1-11(18-2)13-4-6-16(19-10-13)20-8-7-12-3-5-14(17)9-15(12)20/h3-6,9-11,18H,7-8H2,1-2H3. The van der Waals surface area contributed by atoms with Crippen LogP contribution in [0, 0.1) is 5.82 Å². The van der Waals surface area contributed by atoms with Gasteiger partial charge in [0.15, 0.2) is 0 Å². The number of pyridine rings is 1. The summed E-state index contributed by atoms with van der Waals surface area (Å²) >= 11 is 0. The second-order valence-corrected chi connectivity index (χ2v) is 5.13. The Labute approximate surface area is 118 Å². The maximum atomic E-state index is 13.4. The first-order chi connectivity index (χ1) is 9.69. The summed E-state index contributed by atoms with van der Waals surface area (Å²) in [6, 6.07) is 9.33. The lowest BCUT2D eigenvalue weighted by Gasteiger charge is -2.19. The van der Waals surface area contributed by atoms with Crippen LogP contribution in [-0.4, -0.2) is 18.6 Å². The molecule has 0 spiro atoms. The molecule has 3 rings (SSSR count). The number of nitrogens with zero attached hydrogens (tertiary/aromatic N) is 2. The van der Waals surface area contributed by atoms with Gasteiger partial charge in [-0.1, -0.05) is 12.1 Å². The maximum absolute atomic E-state index is 13.4. The van der Waals surface area contributed by atoms with Crippen molar-refractivity contribution in [2.24, 2.45) is 0 Å². The predicted octanol–water partition coefficient (Wildman–Crippen LogP) is 3.20. The van der Waals surface area contributed by atoms with Crippen LogP contribution in [0.3, 0.4) is 0 Å². The van der Waals surface area contributed by atoms with Crippen molar-refractivity contribution < 1.29 is 4.39 Å². The van der Waals surface area contributed by atoms with Crippen molar-refractivity contribution in [1.29, 1.82) is 0 Å². The second-order valence-electron chi connectivity index (χ2n) is 5.13. The molecular formula is C16H18FN3. The van der Waals surface area contributed by atoms with Crippen LogP contribution < -0.4 is 10.2 Å². The highest BCUT2D eigenvalue weighted by Gasteiger charge is 2.21. The lowest BCUT2D eigenvalue weighted by molar-refractivity contribution is 0.628. The normalized spacial score (nSPS) is 15.2. The minimum absolute atomic E-state index is 0.198. The molecule has 2 aromatic rings. The summed E-state index contributed by atoms with van der Waals surface area (Å²) in [7, 11) is 1.93. The highest BCUT2D eigenvalue weighted by atomic mass is 19.1. The van der Waals surface area contributed by atoms with Crippen LogP contribution in [0.25, 0.3) is 0 Å². The molecule has 0 fully saturated rings. The van der Waals surface area contributed by atoms with Gasteiger partial charge in [-0.15, -0.1) is 0 Å². The summed E-state index contributed by atoms with van der Waals surface area (Å²) < 4.78 is 13.4. The number of anilines is 2. The fourth-order valence-corrected chi connectivity index (χ4v) is 2.57. The number of hydrogen-bond acceptors (Lipinski definition) is 3. The molecule has 1 aliphatic rings. The first kappa shape index (κ1) is 13.1. The van der Waals surface area contributed by atoms with E-state index in [0.717, 1.165) is 30.0 Å². The van der Waals surface area contributed by atoms with Crippen LogP contribution in [-0.2, 0) is 6.42 Å². The minimum atomic E-state index is -0.198. The molecule has 0 saturated heterocycles. The van der Waals surface area contributed by atoms with E-state index < -0.39 is 0 Å². The Morgan fingerprint density at radius 1 is 1.30 bits per heavy atom. The monoisotopic (exact) mass is 271 g/mol. The summed E-state index contributed by atoms with van der Waals surface area (Å²) in [4.78, 5) is 6.60. The van der Waals surface area contributed by atoms with E-state index in [1.807, 2.05) is 25.4 Å². The van der Waals surface area contributed by atoms with E-state index in [1.54, 1.807) is 6.07 Å². The van der Waals surface area contributed by atoms with E-state index >= 15 is 0 Å². The Morgan fingerprint density at radius 3 is 2.85 bits per heavy atom. The third-order valence-corrected chi connectivity index (χ3v) is 3.92. The molecule has 20 heavy (non-hydrogen) atoms. The fourth-order valence-electron chi connectivity index (χ4n) is 2.57. The van der Waals surface area contributed by atoms with Gasteiger partial charge in [-0.05, 0) is 49.7 Å². The second kappa shape index (κ2) is 5.21. The van der Waals surface area contributed by atoms with Crippen LogP contribution in [0.1, 0.15) is 24.1 Å². The molecule has 2 heterocycles. The van der Waals surface area contributed by atoms with Gasteiger partial charge >= 0.3 is 0 Å². The minimum Gasteiger partial charge on any atom is -0.326 e. The number of fused-ring (bicyclic) bond motifs is 1. The molecule has 1 aliphatic heterocycles. The Hall–Kier alpha value is -1.94. The van der Waals surface area contributed by atoms with Gasteiger partial charge in [0.25, 0.3) is 0 Å². The number of halogens is 1. The number of aromatic nitrogens is 1. The highest BCUT2D eigenvalue weighted by molar-refractivity contribution is 5.67. The zero-order valence-electron chi connectivity index (χ0n) is 11.7. The van der Waals surface area contributed by atoms with E-state index in [4.69, 9.17) is 0 Å². The molecule has 1 unspecified atom stereocenters. The van der Waals surface area contributed by atoms with Gasteiger partial charge in [0.05, 0.1) is 0 Å². The fraction of sp³-hybridized carbons (Fsp3) is 0.312. The van der Waals surface area contributed by atoms with Crippen molar-refractivity contribution >= 4 is 11.5 Å². The van der Waals surface area contributed by atoms with Crippen LogP contribution in [0.5, 0.6) is 0 Å². The topological polar surface area (TPSA) is 28.2 Å². The Balaban J connectivity index is 1.90. The Kier molecular flexibility index (Phi) is 3.40. The molecule has 0 aliphatic carbocycles. The molecule has 0 saturated carbocycles. The average molecular weight is 271 g/mol. The smallest absolute Gasteiger partial charge is 0.132 e. The SMILES string of the molecule is CNC(C)c1ccc(N2CCc3ccc(F)cc32)nc1. The summed E-state index contributed by atoms with van der Waals surface area (Å²) in [6.07, 6.45) is 2.82. The molecule has 104 valence electrons. The molecule has 1 aromatic carbocycles. The lowest BCUT2D eigenvalue weighted by atomic mass is 10.1. The number of rotatable bonds is 3. The van der Waals surface area contributed by atoms with E-state index in [9.17, 15) is 4.39 Å². The van der Waals surface area contributed by atoms with Crippen molar-refractivity contribution in [3.63, 3.8) is 0 Å². The largest absolute Gasteiger partial charge is 0.326 e. The van der Waals surface area contributed by atoms with E-state index in [0.29, 0.717) is 0 Å². The zero-order valence-corrected chi connectivity index (χ0v) is 11.7. The Morgan fingerprint density at radius 2 is 2.15 bits per heavy atom. The molecule has 0 amide bonds. The molecule has 4 heteroatoms. The van der Waals surface area contributed by atoms with Crippen molar-refractivity contribution in [1.82, 2.24) is 10.3 Å². The highest BCUT2D eigenvalue weighted by Crippen LogP contribution is 2.34. The number of hydrogen-bond donors (Lipinski definition) is 1. The number of nitrogens with one attached hydrogen (secondary N) is 1. The van der Waals surface area contributed by atoms with Crippen molar-refractivity contribution in [2.45, 2.75) is 19.4 Å². The lowest BCUT2D eigenvalue weighted by Crippen LogP contribution is -2.16. The molecule has 1 aromatic heterocycles. The van der Waals surface area contributed by atoms with Crippen molar-refractivity contribution in [2.75, 3.05) is 18.5 Å².